The number of ether oxygens (including phenoxy) is 1. The predicted octanol–water partition coefficient (Wildman–Crippen LogP) is -1.33. The summed E-state index contributed by atoms with van der Waals surface area (Å²) in [5.41, 5.74) is 9.76. The lowest BCUT2D eigenvalue weighted by Gasteiger charge is -1.98. The number of carbonyl (C=O) groups excluding carboxylic acids is 1. The van der Waals surface area contributed by atoms with Gasteiger partial charge in [-0.1, -0.05) is 0 Å². The van der Waals surface area contributed by atoms with Crippen molar-refractivity contribution in [2.45, 2.75) is 6.42 Å². The number of amides is 1. The van der Waals surface area contributed by atoms with Crippen LogP contribution in [0.5, 0.6) is 0 Å². The van der Waals surface area contributed by atoms with Crippen molar-refractivity contribution in [2.24, 2.45) is 11.5 Å². The van der Waals surface area contributed by atoms with E-state index in [1.807, 2.05) is 0 Å². The van der Waals surface area contributed by atoms with Gasteiger partial charge in [0.2, 0.25) is 0 Å². The molecule has 5 nitrogen and oxygen atoms in total. The van der Waals surface area contributed by atoms with Crippen molar-refractivity contribution in [3.05, 3.63) is 12.0 Å². The predicted molar refractivity (Wildman–Crippen MR) is 39.1 cm³/mol. The van der Waals surface area contributed by atoms with E-state index in [9.17, 15) is 4.79 Å². The van der Waals surface area contributed by atoms with E-state index in [2.05, 4.69) is 0 Å². The molecule has 0 spiro atoms. The van der Waals surface area contributed by atoms with Crippen LogP contribution in [0.15, 0.2) is 12.0 Å². The van der Waals surface area contributed by atoms with Gasteiger partial charge in [0.25, 0.3) is 5.91 Å². The van der Waals surface area contributed by atoms with Gasteiger partial charge in [-0.3, -0.25) is 4.79 Å². The molecule has 0 fully saturated rings. The third-order valence-corrected chi connectivity index (χ3v) is 0.915. The van der Waals surface area contributed by atoms with Gasteiger partial charge in [0, 0.05) is 13.0 Å². The quantitative estimate of drug-likeness (QED) is 0.263. The molecule has 1 amide bonds. The first-order chi connectivity index (χ1) is 5.18. The number of carbonyl (C=O) groups is 1. The number of primary amides is 1. The maximum Gasteiger partial charge on any atom is 0.267 e. The van der Waals surface area contributed by atoms with Crippen LogP contribution < -0.4 is 11.5 Å². The minimum absolute atomic E-state index is 0.0459. The third kappa shape index (κ3) is 5.23. The molecule has 0 aromatic heterocycles. The van der Waals surface area contributed by atoms with Crippen molar-refractivity contribution in [2.75, 3.05) is 13.2 Å². The van der Waals surface area contributed by atoms with Gasteiger partial charge in [-0.25, -0.2) is 0 Å². The van der Waals surface area contributed by atoms with Crippen LogP contribution in [0.3, 0.4) is 0 Å². The SMILES string of the molecule is NC(=O)/C(N)=C/OCCCO. The van der Waals surface area contributed by atoms with E-state index in [0.29, 0.717) is 13.0 Å². The first-order valence-corrected chi connectivity index (χ1v) is 3.16. The second kappa shape index (κ2) is 5.55. The molecule has 0 saturated heterocycles. The zero-order chi connectivity index (χ0) is 8.69. The van der Waals surface area contributed by atoms with Gasteiger partial charge >= 0.3 is 0 Å². The van der Waals surface area contributed by atoms with E-state index in [4.69, 9.17) is 21.3 Å². The van der Waals surface area contributed by atoms with Gasteiger partial charge in [-0.2, -0.15) is 0 Å². The summed E-state index contributed by atoms with van der Waals surface area (Å²) >= 11 is 0. The first kappa shape index (κ1) is 9.77. The second-order valence-corrected chi connectivity index (χ2v) is 1.89. The van der Waals surface area contributed by atoms with E-state index in [1.54, 1.807) is 0 Å². The Morgan fingerprint density at radius 3 is 2.64 bits per heavy atom. The number of aliphatic hydroxyl groups excluding tert-OH is 1. The number of hydrogen-bond donors (Lipinski definition) is 3. The molecule has 0 aromatic carbocycles. The highest BCUT2D eigenvalue weighted by Gasteiger charge is 1.96. The van der Waals surface area contributed by atoms with Crippen LogP contribution in [0, 0.1) is 0 Å². The zero-order valence-electron chi connectivity index (χ0n) is 6.12. The molecule has 0 heterocycles. The molecule has 0 unspecified atom stereocenters. The minimum Gasteiger partial charge on any atom is -0.499 e. The summed E-state index contributed by atoms with van der Waals surface area (Å²) in [5, 5.41) is 8.32. The van der Waals surface area contributed by atoms with Gasteiger partial charge in [0.15, 0.2) is 0 Å². The fourth-order valence-electron chi connectivity index (χ4n) is 0.355. The Balaban J connectivity index is 3.48. The van der Waals surface area contributed by atoms with E-state index < -0.39 is 5.91 Å². The van der Waals surface area contributed by atoms with Crippen molar-refractivity contribution in [1.82, 2.24) is 0 Å². The summed E-state index contributed by atoms with van der Waals surface area (Å²) in [6, 6.07) is 0. The Bertz CT molecular complexity index is 156. The van der Waals surface area contributed by atoms with Crippen molar-refractivity contribution in [3.8, 4) is 0 Å². The first-order valence-electron chi connectivity index (χ1n) is 3.16. The van der Waals surface area contributed by atoms with Crippen molar-refractivity contribution in [1.29, 1.82) is 0 Å². The maximum absolute atomic E-state index is 10.3. The summed E-state index contributed by atoms with van der Waals surface area (Å²) < 4.78 is 4.75. The second-order valence-electron chi connectivity index (χ2n) is 1.89. The molecular weight excluding hydrogens is 148 g/mol. The molecule has 0 aliphatic carbocycles. The lowest BCUT2D eigenvalue weighted by atomic mass is 10.5. The highest BCUT2D eigenvalue weighted by Crippen LogP contribution is 1.86. The topological polar surface area (TPSA) is 98.6 Å². The molecular formula is C6H12N2O3. The average molecular weight is 160 g/mol. The molecule has 0 aliphatic heterocycles. The molecule has 11 heavy (non-hydrogen) atoms. The summed E-state index contributed by atoms with van der Waals surface area (Å²) in [6.45, 7) is 0.370. The summed E-state index contributed by atoms with van der Waals surface area (Å²) in [4.78, 5) is 10.3. The standard InChI is InChI=1S/C6H12N2O3/c7-5(6(8)10)4-11-3-1-2-9/h4,9H,1-3,7H2,(H2,8,10)/b5-4-. The van der Waals surface area contributed by atoms with Gasteiger partial charge < -0.3 is 21.3 Å². The van der Waals surface area contributed by atoms with E-state index in [0.717, 1.165) is 6.26 Å². The van der Waals surface area contributed by atoms with Crippen molar-refractivity contribution >= 4 is 5.91 Å². The zero-order valence-corrected chi connectivity index (χ0v) is 6.12. The molecule has 64 valence electrons. The number of rotatable bonds is 5. The minimum atomic E-state index is -0.714. The van der Waals surface area contributed by atoms with Crippen LogP contribution >= 0.6 is 0 Å². The fourth-order valence-corrected chi connectivity index (χ4v) is 0.355. The van der Waals surface area contributed by atoms with Crippen LogP contribution in [0.25, 0.3) is 0 Å². The van der Waals surface area contributed by atoms with E-state index >= 15 is 0 Å². The van der Waals surface area contributed by atoms with Gasteiger partial charge in [-0.05, 0) is 0 Å². The van der Waals surface area contributed by atoms with Crippen molar-refractivity contribution in [3.63, 3.8) is 0 Å². The Labute approximate surface area is 64.6 Å². The lowest BCUT2D eigenvalue weighted by Crippen LogP contribution is -2.20. The number of nitrogens with two attached hydrogens (primary N) is 2. The monoisotopic (exact) mass is 160 g/mol. The van der Waals surface area contributed by atoms with Crippen LogP contribution in [-0.2, 0) is 9.53 Å². The largest absolute Gasteiger partial charge is 0.499 e. The Morgan fingerprint density at radius 2 is 2.18 bits per heavy atom. The molecule has 0 aromatic rings. The highest BCUT2D eigenvalue weighted by atomic mass is 16.5. The van der Waals surface area contributed by atoms with Gasteiger partial charge in [0.1, 0.15) is 12.0 Å². The lowest BCUT2D eigenvalue weighted by molar-refractivity contribution is -0.114. The molecule has 0 saturated carbocycles. The molecule has 0 aliphatic rings. The normalized spacial score (nSPS) is 11.2. The third-order valence-electron chi connectivity index (χ3n) is 0.915. The maximum atomic E-state index is 10.3. The van der Waals surface area contributed by atoms with E-state index in [-0.39, 0.29) is 12.3 Å². The Kier molecular flexibility index (Phi) is 4.93. The van der Waals surface area contributed by atoms with Crippen LogP contribution in [0.4, 0.5) is 0 Å². The van der Waals surface area contributed by atoms with Gasteiger partial charge in [-0.15, -0.1) is 0 Å². The summed E-state index contributed by atoms with van der Waals surface area (Å²) in [6.07, 6.45) is 1.58. The number of hydrogen-bond acceptors (Lipinski definition) is 4. The number of aliphatic hydroxyl groups is 1. The van der Waals surface area contributed by atoms with Crippen LogP contribution in [0.1, 0.15) is 6.42 Å². The summed E-state index contributed by atoms with van der Waals surface area (Å²) in [7, 11) is 0. The highest BCUT2D eigenvalue weighted by molar-refractivity contribution is 5.90. The molecule has 0 bridgehead atoms. The molecule has 5 heteroatoms. The average Bonchev–Trinajstić information content (AvgIpc) is 1.97. The van der Waals surface area contributed by atoms with Gasteiger partial charge in [0.05, 0.1) is 6.61 Å². The molecule has 0 radical (unpaired) electrons. The molecule has 0 atom stereocenters. The van der Waals surface area contributed by atoms with Crippen LogP contribution in [-0.4, -0.2) is 24.2 Å². The Morgan fingerprint density at radius 1 is 1.55 bits per heavy atom. The Hall–Kier alpha value is -1.23. The fraction of sp³-hybridized carbons (Fsp3) is 0.500. The molecule has 5 N–H and O–H groups in total. The smallest absolute Gasteiger partial charge is 0.267 e. The van der Waals surface area contributed by atoms with Crippen molar-refractivity contribution < 1.29 is 14.6 Å². The van der Waals surface area contributed by atoms with E-state index in [1.165, 1.54) is 0 Å². The van der Waals surface area contributed by atoms with Crippen LogP contribution in [0.2, 0.25) is 0 Å². The molecule has 0 rings (SSSR count). The summed E-state index contributed by atoms with van der Waals surface area (Å²) in [5.74, 6) is -0.714.